The van der Waals surface area contributed by atoms with Gasteiger partial charge in [-0.05, 0) is 56.3 Å². The van der Waals surface area contributed by atoms with Gasteiger partial charge in [0.1, 0.15) is 0 Å². The Morgan fingerprint density at radius 3 is 2.52 bits per heavy atom. The Hall–Kier alpha value is -0.820. The van der Waals surface area contributed by atoms with E-state index < -0.39 is 9.84 Å². The average molecular weight is 398 g/mol. The molecule has 6 nitrogen and oxygen atoms in total. The summed E-state index contributed by atoms with van der Waals surface area (Å²) in [7, 11) is -2.82. The molecule has 0 amide bonds. The van der Waals surface area contributed by atoms with Crippen molar-refractivity contribution in [2.24, 2.45) is 22.7 Å². The molecule has 1 saturated carbocycles. The fraction of sp³-hybridized carbons (Fsp3) is 0.950. The topological polar surface area (TPSA) is 71.0 Å². The van der Waals surface area contributed by atoms with Crippen molar-refractivity contribution in [2.75, 3.05) is 44.4 Å². The van der Waals surface area contributed by atoms with Crippen molar-refractivity contribution < 1.29 is 13.2 Å². The Labute approximate surface area is 164 Å². The molecule has 3 aliphatic heterocycles. The molecular weight excluding hydrogens is 362 g/mol. The second-order valence-electron chi connectivity index (χ2n) is 9.00. The van der Waals surface area contributed by atoms with Crippen molar-refractivity contribution in [2.45, 2.75) is 57.4 Å². The number of aliphatic imine (C=N–C) groups is 1. The summed E-state index contributed by atoms with van der Waals surface area (Å²) in [5.74, 6) is 3.43. The van der Waals surface area contributed by atoms with E-state index in [0.29, 0.717) is 24.1 Å². The summed E-state index contributed by atoms with van der Waals surface area (Å²) in [5, 5.41) is 3.73. The summed E-state index contributed by atoms with van der Waals surface area (Å²) in [6.07, 6.45) is 9.47. The van der Waals surface area contributed by atoms with Crippen LogP contribution >= 0.6 is 0 Å². The Morgan fingerprint density at radius 1 is 1.04 bits per heavy atom. The van der Waals surface area contributed by atoms with Gasteiger partial charge in [0.25, 0.3) is 0 Å². The number of hydrogen-bond donors (Lipinski definition) is 1. The molecule has 2 unspecified atom stereocenters. The van der Waals surface area contributed by atoms with Crippen molar-refractivity contribution in [1.82, 2.24) is 10.2 Å². The zero-order valence-electron chi connectivity index (χ0n) is 16.4. The van der Waals surface area contributed by atoms with Crippen molar-refractivity contribution in [3.63, 3.8) is 0 Å². The number of hydrogen-bond acceptors (Lipinski definition) is 4. The predicted octanol–water partition coefficient (Wildman–Crippen LogP) is 2.06. The van der Waals surface area contributed by atoms with E-state index in [4.69, 9.17) is 9.73 Å². The Morgan fingerprint density at radius 2 is 1.81 bits per heavy atom. The van der Waals surface area contributed by atoms with E-state index >= 15 is 0 Å². The summed E-state index contributed by atoms with van der Waals surface area (Å²) in [5.41, 5.74) is 0. The molecule has 0 radical (unpaired) electrons. The molecule has 0 bridgehead atoms. The number of likely N-dealkylation sites (tertiary alicyclic amines) is 1. The quantitative estimate of drug-likeness (QED) is 0.581. The van der Waals surface area contributed by atoms with Crippen LogP contribution in [0.1, 0.15) is 51.4 Å². The van der Waals surface area contributed by atoms with Gasteiger partial charge < -0.3 is 15.0 Å². The first-order valence-electron chi connectivity index (χ1n) is 10.9. The molecular formula is C20H35N3O3S. The standard InChI is InChI=1S/C20H35N3O3S/c24-27(25)12-8-16(15-27)13-21-20(22-19-3-1-2-4-19)23-9-5-18(14-23)17-6-10-26-11-7-17/h16-19H,1-15H2,(H,21,22). The van der Waals surface area contributed by atoms with Crippen LogP contribution < -0.4 is 5.32 Å². The first-order valence-corrected chi connectivity index (χ1v) is 12.8. The van der Waals surface area contributed by atoms with Crippen molar-refractivity contribution in [1.29, 1.82) is 0 Å². The van der Waals surface area contributed by atoms with Gasteiger partial charge >= 0.3 is 0 Å². The molecule has 2 atom stereocenters. The molecule has 0 aromatic rings. The molecule has 1 N–H and O–H groups in total. The minimum atomic E-state index is -2.82. The first kappa shape index (κ1) is 19.5. The Balaban J connectivity index is 1.39. The normalized spacial score (nSPS) is 33.0. The fourth-order valence-electron chi connectivity index (χ4n) is 5.27. The zero-order chi connectivity index (χ0) is 18.7. The number of nitrogens with zero attached hydrogens (tertiary/aromatic N) is 2. The number of guanidine groups is 1. The summed E-state index contributed by atoms with van der Waals surface area (Å²) in [6, 6.07) is 0.540. The summed E-state index contributed by atoms with van der Waals surface area (Å²) in [4.78, 5) is 7.39. The van der Waals surface area contributed by atoms with E-state index in [-0.39, 0.29) is 5.92 Å². The molecule has 3 heterocycles. The molecule has 154 valence electrons. The summed E-state index contributed by atoms with van der Waals surface area (Å²) >= 11 is 0. The summed E-state index contributed by atoms with van der Waals surface area (Å²) in [6.45, 7) is 4.64. The van der Waals surface area contributed by atoms with Crippen molar-refractivity contribution >= 4 is 15.8 Å². The van der Waals surface area contributed by atoms with E-state index in [1.54, 1.807) is 0 Å². The maximum absolute atomic E-state index is 11.8. The van der Waals surface area contributed by atoms with Crippen LogP contribution in [0.4, 0.5) is 0 Å². The first-order chi connectivity index (χ1) is 13.1. The molecule has 7 heteroatoms. The minimum absolute atomic E-state index is 0.198. The van der Waals surface area contributed by atoms with E-state index in [2.05, 4.69) is 10.2 Å². The predicted molar refractivity (Wildman–Crippen MR) is 108 cm³/mol. The molecule has 27 heavy (non-hydrogen) atoms. The Bertz CT molecular complexity index is 624. The third-order valence-electron chi connectivity index (χ3n) is 6.97. The fourth-order valence-corrected chi connectivity index (χ4v) is 7.12. The van der Waals surface area contributed by atoms with E-state index in [9.17, 15) is 8.42 Å². The van der Waals surface area contributed by atoms with Crippen LogP contribution in [-0.2, 0) is 14.6 Å². The van der Waals surface area contributed by atoms with Gasteiger partial charge in [-0.2, -0.15) is 0 Å². The van der Waals surface area contributed by atoms with Gasteiger partial charge in [-0.3, -0.25) is 4.99 Å². The highest BCUT2D eigenvalue weighted by Crippen LogP contribution is 2.31. The maximum atomic E-state index is 11.8. The van der Waals surface area contributed by atoms with E-state index in [1.807, 2.05) is 0 Å². The van der Waals surface area contributed by atoms with Gasteiger partial charge in [-0.15, -0.1) is 0 Å². The highest BCUT2D eigenvalue weighted by molar-refractivity contribution is 7.91. The molecule has 4 rings (SSSR count). The largest absolute Gasteiger partial charge is 0.381 e. The highest BCUT2D eigenvalue weighted by Gasteiger charge is 2.33. The van der Waals surface area contributed by atoms with Crippen LogP contribution in [0.3, 0.4) is 0 Å². The summed E-state index contributed by atoms with van der Waals surface area (Å²) < 4.78 is 29.0. The van der Waals surface area contributed by atoms with Crippen LogP contribution in [0.25, 0.3) is 0 Å². The molecule has 0 spiro atoms. The van der Waals surface area contributed by atoms with E-state index in [1.165, 1.54) is 44.9 Å². The zero-order valence-corrected chi connectivity index (χ0v) is 17.3. The molecule has 0 aromatic carbocycles. The number of sulfone groups is 1. The highest BCUT2D eigenvalue weighted by atomic mass is 32.2. The van der Waals surface area contributed by atoms with Gasteiger partial charge in [0.05, 0.1) is 11.5 Å². The van der Waals surface area contributed by atoms with Gasteiger partial charge in [0.2, 0.25) is 0 Å². The van der Waals surface area contributed by atoms with Gasteiger partial charge in [0, 0.05) is 38.9 Å². The maximum Gasteiger partial charge on any atom is 0.194 e. The van der Waals surface area contributed by atoms with Crippen LogP contribution in [0.2, 0.25) is 0 Å². The van der Waals surface area contributed by atoms with Crippen LogP contribution in [-0.4, -0.2) is 69.7 Å². The lowest BCUT2D eigenvalue weighted by Crippen LogP contribution is -2.45. The van der Waals surface area contributed by atoms with Crippen LogP contribution in [0, 0.1) is 17.8 Å². The van der Waals surface area contributed by atoms with Gasteiger partial charge in [0.15, 0.2) is 15.8 Å². The Kier molecular flexibility index (Phi) is 6.27. The average Bonchev–Trinajstić information content (AvgIpc) is 3.40. The number of nitrogens with one attached hydrogen (secondary N) is 1. The van der Waals surface area contributed by atoms with E-state index in [0.717, 1.165) is 50.5 Å². The minimum Gasteiger partial charge on any atom is -0.381 e. The molecule has 3 saturated heterocycles. The second kappa shape index (κ2) is 8.68. The van der Waals surface area contributed by atoms with Crippen molar-refractivity contribution in [3.05, 3.63) is 0 Å². The van der Waals surface area contributed by atoms with Gasteiger partial charge in [-0.1, -0.05) is 12.8 Å². The molecule has 0 aromatic heterocycles. The molecule has 4 fully saturated rings. The number of ether oxygens (including phenoxy) is 1. The monoisotopic (exact) mass is 397 g/mol. The third-order valence-corrected chi connectivity index (χ3v) is 8.81. The smallest absolute Gasteiger partial charge is 0.194 e. The molecule has 1 aliphatic carbocycles. The lowest BCUT2D eigenvalue weighted by molar-refractivity contribution is 0.0488. The molecule has 4 aliphatic rings. The second-order valence-corrected chi connectivity index (χ2v) is 11.2. The van der Waals surface area contributed by atoms with Gasteiger partial charge in [-0.25, -0.2) is 8.42 Å². The van der Waals surface area contributed by atoms with Crippen LogP contribution in [0.5, 0.6) is 0 Å². The SMILES string of the molecule is O=S1(=O)CCC(CN=C(NC2CCCC2)N2CCC(C3CCOCC3)C2)C1. The van der Waals surface area contributed by atoms with Crippen LogP contribution in [0.15, 0.2) is 4.99 Å². The lowest BCUT2D eigenvalue weighted by atomic mass is 9.85. The van der Waals surface area contributed by atoms with Crippen molar-refractivity contribution in [3.8, 4) is 0 Å². The third kappa shape index (κ3) is 5.17. The lowest BCUT2D eigenvalue weighted by Gasteiger charge is -2.29. The number of rotatable bonds is 4.